The van der Waals surface area contributed by atoms with E-state index < -0.39 is 17.2 Å². The van der Waals surface area contributed by atoms with Crippen LogP contribution in [0.2, 0.25) is 0 Å². The van der Waals surface area contributed by atoms with E-state index in [1.165, 1.54) is 15.9 Å². The van der Waals surface area contributed by atoms with Gasteiger partial charge < -0.3 is 10.1 Å². The summed E-state index contributed by atoms with van der Waals surface area (Å²) in [5, 5.41) is 13.4. The average Bonchev–Trinajstić information content (AvgIpc) is 3.30. The van der Waals surface area contributed by atoms with Crippen molar-refractivity contribution in [2.24, 2.45) is 0 Å². The Labute approximate surface area is 186 Å². The summed E-state index contributed by atoms with van der Waals surface area (Å²) in [4.78, 5) is 38.8. The number of nitrogens with one attached hydrogen (secondary N) is 1. The summed E-state index contributed by atoms with van der Waals surface area (Å²) in [7, 11) is 1.56. The molecule has 4 aromatic rings. The summed E-state index contributed by atoms with van der Waals surface area (Å²) in [6.07, 6.45) is 0. The molecular weight excluding hydrogens is 428 g/mol. The first kappa shape index (κ1) is 21.1. The van der Waals surface area contributed by atoms with E-state index >= 15 is 0 Å². The Hall–Kier alpha value is -4.16. The topological polar surface area (TPSA) is 106 Å². The molecule has 0 radical (unpaired) electrons. The van der Waals surface area contributed by atoms with E-state index in [2.05, 4.69) is 5.32 Å². The van der Waals surface area contributed by atoms with Crippen LogP contribution in [-0.2, 0) is 17.9 Å². The fraction of sp³-hybridized carbons (Fsp3) is 0.130. The van der Waals surface area contributed by atoms with E-state index in [0.717, 1.165) is 10.1 Å². The van der Waals surface area contributed by atoms with Crippen molar-refractivity contribution in [3.8, 4) is 11.8 Å². The first-order valence-corrected chi connectivity index (χ1v) is 10.5. The third-order valence-electron chi connectivity index (χ3n) is 4.91. The van der Waals surface area contributed by atoms with E-state index in [1.54, 1.807) is 67.1 Å². The molecule has 2 aromatic heterocycles. The van der Waals surface area contributed by atoms with Gasteiger partial charge in [-0.25, -0.2) is 4.79 Å². The lowest BCUT2D eigenvalue weighted by Gasteiger charge is -2.13. The molecule has 0 saturated carbocycles. The maximum Gasteiger partial charge on any atom is 0.332 e. The minimum Gasteiger partial charge on any atom is -0.497 e. The van der Waals surface area contributed by atoms with Crippen LogP contribution in [0.4, 0.5) is 5.69 Å². The molecular formula is C23H18N4O4S. The Balaban J connectivity index is 1.68. The molecule has 8 nitrogen and oxygen atoms in total. The molecule has 0 aliphatic heterocycles. The molecule has 0 spiro atoms. The minimum absolute atomic E-state index is 0.0708. The van der Waals surface area contributed by atoms with Gasteiger partial charge in [-0.3, -0.25) is 18.7 Å². The second-order valence-electron chi connectivity index (χ2n) is 6.98. The number of aromatic nitrogens is 2. The highest BCUT2D eigenvalue weighted by atomic mass is 32.1. The van der Waals surface area contributed by atoms with Gasteiger partial charge in [0.15, 0.2) is 0 Å². The van der Waals surface area contributed by atoms with Crippen LogP contribution in [0.5, 0.6) is 5.75 Å². The molecule has 0 fully saturated rings. The second kappa shape index (κ2) is 8.91. The monoisotopic (exact) mass is 446 g/mol. The smallest absolute Gasteiger partial charge is 0.332 e. The number of carbonyl (C=O) groups is 1. The molecule has 2 aromatic carbocycles. The van der Waals surface area contributed by atoms with Crippen molar-refractivity contribution in [2.45, 2.75) is 13.1 Å². The number of benzene rings is 2. The van der Waals surface area contributed by atoms with Crippen molar-refractivity contribution in [3.63, 3.8) is 0 Å². The van der Waals surface area contributed by atoms with Crippen molar-refractivity contribution >= 4 is 33.1 Å². The number of carbonyl (C=O) groups excluding carboxylic acids is 1. The van der Waals surface area contributed by atoms with Crippen LogP contribution in [0.15, 0.2) is 69.6 Å². The molecule has 160 valence electrons. The van der Waals surface area contributed by atoms with E-state index in [0.29, 0.717) is 27.2 Å². The quantitative estimate of drug-likeness (QED) is 0.490. The standard InChI is InChI=1S/C23H18N4O4S/c1-31-18-7-5-15(6-8-18)13-27-22(29)21-19(9-10-32-21)26(23(27)30)14-20(28)25-17-4-2-3-16(11-17)12-24/h2-11H,13-14H2,1H3,(H,25,28). The van der Waals surface area contributed by atoms with E-state index in [9.17, 15) is 14.4 Å². The van der Waals surface area contributed by atoms with Crippen LogP contribution in [0, 0.1) is 11.3 Å². The molecule has 32 heavy (non-hydrogen) atoms. The SMILES string of the molecule is COc1ccc(Cn2c(=O)c3sccc3n(CC(=O)Nc3cccc(C#N)c3)c2=O)cc1. The molecule has 0 saturated heterocycles. The third-order valence-corrected chi connectivity index (χ3v) is 5.80. The van der Waals surface area contributed by atoms with Crippen LogP contribution in [-0.4, -0.2) is 22.2 Å². The van der Waals surface area contributed by atoms with Gasteiger partial charge in [-0.05, 0) is 47.3 Å². The molecule has 0 bridgehead atoms. The molecule has 2 heterocycles. The average molecular weight is 446 g/mol. The van der Waals surface area contributed by atoms with Crippen molar-refractivity contribution in [1.82, 2.24) is 9.13 Å². The number of hydrogen-bond acceptors (Lipinski definition) is 6. The number of thiophene rings is 1. The number of fused-ring (bicyclic) bond motifs is 1. The van der Waals surface area contributed by atoms with Crippen molar-refractivity contribution in [2.75, 3.05) is 12.4 Å². The maximum absolute atomic E-state index is 13.2. The van der Waals surface area contributed by atoms with Gasteiger partial charge in [-0.1, -0.05) is 18.2 Å². The Morgan fingerprint density at radius 3 is 2.62 bits per heavy atom. The fourth-order valence-electron chi connectivity index (χ4n) is 3.35. The number of ether oxygens (including phenoxy) is 1. The molecule has 0 unspecified atom stereocenters. The molecule has 4 rings (SSSR count). The van der Waals surface area contributed by atoms with Gasteiger partial charge in [-0.2, -0.15) is 5.26 Å². The van der Waals surface area contributed by atoms with Gasteiger partial charge in [0.25, 0.3) is 5.56 Å². The lowest BCUT2D eigenvalue weighted by molar-refractivity contribution is -0.116. The molecule has 0 aliphatic rings. The van der Waals surface area contributed by atoms with Crippen LogP contribution in [0.1, 0.15) is 11.1 Å². The van der Waals surface area contributed by atoms with E-state index in [1.807, 2.05) is 6.07 Å². The van der Waals surface area contributed by atoms with E-state index in [4.69, 9.17) is 10.00 Å². The van der Waals surface area contributed by atoms with Gasteiger partial charge in [0.1, 0.15) is 17.0 Å². The van der Waals surface area contributed by atoms with Crippen LogP contribution in [0.25, 0.3) is 10.2 Å². The molecule has 0 atom stereocenters. The van der Waals surface area contributed by atoms with Gasteiger partial charge >= 0.3 is 5.69 Å². The Morgan fingerprint density at radius 2 is 1.91 bits per heavy atom. The zero-order chi connectivity index (χ0) is 22.7. The summed E-state index contributed by atoms with van der Waals surface area (Å²) in [6.45, 7) is -0.201. The first-order chi connectivity index (χ1) is 15.5. The number of rotatable bonds is 6. The minimum atomic E-state index is -0.572. The zero-order valence-electron chi connectivity index (χ0n) is 17.1. The highest BCUT2D eigenvalue weighted by molar-refractivity contribution is 7.17. The van der Waals surface area contributed by atoms with Crippen LogP contribution in [0.3, 0.4) is 0 Å². The summed E-state index contributed by atoms with van der Waals surface area (Å²) in [6, 6.07) is 17.2. The normalized spacial score (nSPS) is 10.6. The number of hydrogen-bond donors (Lipinski definition) is 1. The van der Waals surface area contributed by atoms with Gasteiger partial charge in [-0.15, -0.1) is 11.3 Å². The summed E-state index contributed by atoms with van der Waals surface area (Å²) < 4.78 is 7.97. The summed E-state index contributed by atoms with van der Waals surface area (Å²) >= 11 is 1.22. The van der Waals surface area contributed by atoms with E-state index in [-0.39, 0.29) is 13.1 Å². The maximum atomic E-state index is 13.2. The lowest BCUT2D eigenvalue weighted by atomic mass is 10.2. The Kier molecular flexibility index (Phi) is 5.87. The summed E-state index contributed by atoms with van der Waals surface area (Å²) in [5.41, 5.74) is 1.07. The highest BCUT2D eigenvalue weighted by Crippen LogP contribution is 2.17. The van der Waals surface area contributed by atoms with Crippen molar-refractivity contribution < 1.29 is 9.53 Å². The lowest BCUT2D eigenvalue weighted by Crippen LogP contribution is -2.41. The fourth-order valence-corrected chi connectivity index (χ4v) is 4.19. The predicted octanol–water partition coefficient (Wildman–Crippen LogP) is 2.79. The molecule has 0 aliphatic carbocycles. The number of anilines is 1. The highest BCUT2D eigenvalue weighted by Gasteiger charge is 2.17. The Morgan fingerprint density at radius 1 is 1.12 bits per heavy atom. The number of amides is 1. The Bertz CT molecular complexity index is 1460. The number of nitrogens with zero attached hydrogens (tertiary/aromatic N) is 3. The largest absolute Gasteiger partial charge is 0.497 e. The van der Waals surface area contributed by atoms with Crippen molar-refractivity contribution in [1.29, 1.82) is 5.26 Å². The van der Waals surface area contributed by atoms with Crippen LogP contribution >= 0.6 is 11.3 Å². The van der Waals surface area contributed by atoms with Gasteiger partial charge in [0.05, 0.1) is 30.8 Å². The number of nitriles is 1. The van der Waals surface area contributed by atoms with Gasteiger partial charge in [0.2, 0.25) is 5.91 Å². The third kappa shape index (κ3) is 4.17. The molecule has 9 heteroatoms. The predicted molar refractivity (Wildman–Crippen MR) is 122 cm³/mol. The summed E-state index contributed by atoms with van der Waals surface area (Å²) in [5.74, 6) is 0.230. The van der Waals surface area contributed by atoms with Gasteiger partial charge in [0, 0.05) is 5.69 Å². The van der Waals surface area contributed by atoms with Crippen molar-refractivity contribution in [3.05, 3.63) is 91.9 Å². The van der Waals surface area contributed by atoms with Crippen LogP contribution < -0.4 is 21.3 Å². The number of methoxy groups -OCH3 is 1. The zero-order valence-corrected chi connectivity index (χ0v) is 17.9. The molecule has 1 N–H and O–H groups in total. The molecule has 1 amide bonds. The first-order valence-electron chi connectivity index (χ1n) is 9.64. The second-order valence-corrected chi connectivity index (χ2v) is 7.90.